The second-order valence-electron chi connectivity index (χ2n) is 3.21. The van der Waals surface area contributed by atoms with Crippen LogP contribution in [0.1, 0.15) is 17.3 Å². The Morgan fingerprint density at radius 2 is 2.20 bits per heavy atom. The van der Waals surface area contributed by atoms with Crippen molar-refractivity contribution in [3.05, 3.63) is 22.2 Å². The summed E-state index contributed by atoms with van der Waals surface area (Å²) in [4.78, 5) is 12.8. The van der Waals surface area contributed by atoms with Crippen LogP contribution in [0.4, 0.5) is 11.4 Å². The number of benzene rings is 1. The van der Waals surface area contributed by atoms with Crippen LogP contribution in [0.3, 0.4) is 0 Å². The van der Waals surface area contributed by atoms with Gasteiger partial charge in [-0.05, 0) is 35.0 Å². The van der Waals surface area contributed by atoms with E-state index in [9.17, 15) is 4.79 Å². The highest BCUT2D eigenvalue weighted by atomic mass is 79.9. The molecule has 0 radical (unpaired) electrons. The Morgan fingerprint density at radius 1 is 1.60 bits per heavy atom. The lowest BCUT2D eigenvalue weighted by Gasteiger charge is -2.19. The molecule has 0 aliphatic carbocycles. The summed E-state index contributed by atoms with van der Waals surface area (Å²) in [5.74, 6) is -1.01. The van der Waals surface area contributed by atoms with E-state index < -0.39 is 5.97 Å². The monoisotopic (exact) mass is 272 g/mol. The number of nitrogen functional groups attached to an aromatic ring is 1. The van der Waals surface area contributed by atoms with Crippen molar-refractivity contribution in [3.63, 3.8) is 0 Å². The van der Waals surface area contributed by atoms with Gasteiger partial charge in [0.1, 0.15) is 0 Å². The maximum atomic E-state index is 10.9. The van der Waals surface area contributed by atoms with Gasteiger partial charge in [0.15, 0.2) is 0 Å². The minimum atomic E-state index is -1.01. The quantitative estimate of drug-likeness (QED) is 0.828. The summed E-state index contributed by atoms with van der Waals surface area (Å²) in [5, 5.41) is 8.92. The van der Waals surface area contributed by atoms with Crippen molar-refractivity contribution < 1.29 is 9.90 Å². The lowest BCUT2D eigenvalue weighted by atomic mass is 10.1. The van der Waals surface area contributed by atoms with E-state index in [1.165, 1.54) is 0 Å². The topological polar surface area (TPSA) is 66.6 Å². The standard InChI is InChI=1S/C10H13BrN2O2/c1-3-13(2)9-4-6(10(14)15)8(12)5-7(9)11/h4-5H,3,12H2,1-2H3,(H,14,15). The van der Waals surface area contributed by atoms with Gasteiger partial charge in [-0.1, -0.05) is 0 Å². The van der Waals surface area contributed by atoms with Gasteiger partial charge in [0, 0.05) is 23.8 Å². The van der Waals surface area contributed by atoms with E-state index in [1.54, 1.807) is 12.1 Å². The fourth-order valence-electron chi connectivity index (χ4n) is 1.23. The smallest absolute Gasteiger partial charge is 0.337 e. The molecular formula is C10H13BrN2O2. The molecule has 1 rings (SSSR count). The fraction of sp³-hybridized carbons (Fsp3) is 0.300. The first kappa shape index (κ1) is 11.8. The summed E-state index contributed by atoms with van der Waals surface area (Å²) in [6, 6.07) is 3.19. The average molecular weight is 273 g/mol. The normalized spacial score (nSPS) is 10.1. The molecule has 0 atom stereocenters. The molecule has 82 valence electrons. The van der Waals surface area contributed by atoms with Crippen molar-refractivity contribution in [1.29, 1.82) is 0 Å². The Hall–Kier alpha value is -1.23. The molecule has 0 heterocycles. The third-order valence-corrected chi connectivity index (χ3v) is 2.87. The van der Waals surface area contributed by atoms with Crippen LogP contribution in [0.2, 0.25) is 0 Å². The summed E-state index contributed by atoms with van der Waals surface area (Å²) in [6.45, 7) is 2.78. The SMILES string of the molecule is CCN(C)c1cc(C(=O)O)c(N)cc1Br. The number of rotatable bonds is 3. The third kappa shape index (κ3) is 2.41. The maximum absolute atomic E-state index is 10.9. The number of hydrogen-bond donors (Lipinski definition) is 2. The van der Waals surface area contributed by atoms with E-state index in [0.29, 0.717) is 0 Å². The Morgan fingerprint density at radius 3 is 2.67 bits per heavy atom. The molecule has 4 nitrogen and oxygen atoms in total. The van der Waals surface area contributed by atoms with Gasteiger partial charge < -0.3 is 15.7 Å². The Balaban J connectivity index is 3.29. The average Bonchev–Trinajstić information content (AvgIpc) is 2.16. The molecule has 0 fully saturated rings. The van der Waals surface area contributed by atoms with Gasteiger partial charge in [-0.3, -0.25) is 0 Å². The van der Waals surface area contributed by atoms with E-state index in [4.69, 9.17) is 10.8 Å². The first-order valence-electron chi connectivity index (χ1n) is 4.50. The van der Waals surface area contributed by atoms with Crippen LogP contribution in [0.15, 0.2) is 16.6 Å². The molecule has 3 N–H and O–H groups in total. The van der Waals surface area contributed by atoms with Crippen molar-refractivity contribution in [3.8, 4) is 0 Å². The van der Waals surface area contributed by atoms with Crippen molar-refractivity contribution in [2.24, 2.45) is 0 Å². The van der Waals surface area contributed by atoms with E-state index in [0.717, 1.165) is 16.7 Å². The number of carboxylic acids is 1. The van der Waals surface area contributed by atoms with Crippen LogP contribution in [-0.2, 0) is 0 Å². The zero-order valence-corrected chi connectivity index (χ0v) is 10.2. The molecule has 0 bridgehead atoms. The van der Waals surface area contributed by atoms with E-state index in [2.05, 4.69) is 15.9 Å². The van der Waals surface area contributed by atoms with Gasteiger partial charge in [-0.25, -0.2) is 4.79 Å². The molecule has 0 spiro atoms. The van der Waals surface area contributed by atoms with Gasteiger partial charge in [0.2, 0.25) is 0 Å². The zero-order chi connectivity index (χ0) is 11.6. The van der Waals surface area contributed by atoms with Crippen LogP contribution in [0.5, 0.6) is 0 Å². The molecule has 0 unspecified atom stereocenters. The summed E-state index contributed by atoms with van der Waals surface area (Å²) >= 11 is 3.36. The molecule has 0 aliphatic rings. The van der Waals surface area contributed by atoms with Crippen LogP contribution in [-0.4, -0.2) is 24.7 Å². The lowest BCUT2D eigenvalue weighted by molar-refractivity contribution is 0.0698. The first-order chi connectivity index (χ1) is 6.97. The largest absolute Gasteiger partial charge is 0.478 e. The number of halogens is 1. The predicted molar refractivity (Wildman–Crippen MR) is 64.5 cm³/mol. The van der Waals surface area contributed by atoms with Crippen LogP contribution < -0.4 is 10.6 Å². The third-order valence-electron chi connectivity index (χ3n) is 2.23. The molecule has 1 aromatic rings. The molecule has 5 heteroatoms. The Labute approximate surface area is 96.8 Å². The van der Waals surface area contributed by atoms with E-state index >= 15 is 0 Å². The number of carbonyl (C=O) groups is 1. The lowest BCUT2D eigenvalue weighted by Crippen LogP contribution is -2.17. The zero-order valence-electron chi connectivity index (χ0n) is 8.62. The summed E-state index contributed by atoms with van der Waals surface area (Å²) < 4.78 is 0.800. The second-order valence-corrected chi connectivity index (χ2v) is 4.06. The van der Waals surface area contributed by atoms with Crippen LogP contribution in [0.25, 0.3) is 0 Å². The number of nitrogens with zero attached hydrogens (tertiary/aromatic N) is 1. The van der Waals surface area contributed by atoms with E-state index in [1.807, 2.05) is 18.9 Å². The van der Waals surface area contributed by atoms with Gasteiger partial charge in [0.05, 0.1) is 11.3 Å². The second kappa shape index (κ2) is 4.53. The molecular weight excluding hydrogens is 260 g/mol. The molecule has 0 aromatic heterocycles. The summed E-state index contributed by atoms with van der Waals surface area (Å²) in [6.07, 6.45) is 0. The number of hydrogen-bond acceptors (Lipinski definition) is 3. The first-order valence-corrected chi connectivity index (χ1v) is 5.30. The van der Waals surface area contributed by atoms with Crippen molar-refractivity contribution in [1.82, 2.24) is 0 Å². The highest BCUT2D eigenvalue weighted by Gasteiger charge is 2.13. The Kier molecular flexibility index (Phi) is 3.57. The van der Waals surface area contributed by atoms with Gasteiger partial charge in [0.25, 0.3) is 0 Å². The van der Waals surface area contributed by atoms with Gasteiger partial charge in [-0.2, -0.15) is 0 Å². The number of carboxylic acid groups (broad SMARTS) is 1. The number of nitrogens with two attached hydrogens (primary N) is 1. The molecule has 0 saturated carbocycles. The van der Waals surface area contributed by atoms with Crippen molar-refractivity contribution in [2.45, 2.75) is 6.92 Å². The highest BCUT2D eigenvalue weighted by Crippen LogP contribution is 2.30. The predicted octanol–water partition coefficient (Wildman–Crippen LogP) is 2.19. The highest BCUT2D eigenvalue weighted by molar-refractivity contribution is 9.10. The van der Waals surface area contributed by atoms with E-state index in [-0.39, 0.29) is 11.3 Å². The van der Waals surface area contributed by atoms with Crippen molar-refractivity contribution >= 4 is 33.3 Å². The van der Waals surface area contributed by atoms with Crippen molar-refractivity contribution in [2.75, 3.05) is 24.2 Å². The number of anilines is 2. The molecule has 0 amide bonds. The van der Waals surface area contributed by atoms with Gasteiger partial charge >= 0.3 is 5.97 Å². The van der Waals surface area contributed by atoms with Crippen LogP contribution >= 0.6 is 15.9 Å². The molecule has 0 aliphatic heterocycles. The molecule has 0 saturated heterocycles. The number of aromatic carboxylic acids is 1. The summed E-state index contributed by atoms with van der Waals surface area (Å²) in [7, 11) is 1.89. The minimum absolute atomic E-state index is 0.133. The van der Waals surface area contributed by atoms with Crippen LogP contribution in [0, 0.1) is 0 Å². The maximum Gasteiger partial charge on any atom is 0.337 e. The Bertz CT molecular complexity index is 393. The summed E-state index contributed by atoms with van der Waals surface area (Å²) in [5.41, 5.74) is 6.83. The minimum Gasteiger partial charge on any atom is -0.478 e. The molecule has 15 heavy (non-hydrogen) atoms. The van der Waals surface area contributed by atoms with Gasteiger partial charge in [-0.15, -0.1) is 0 Å². The fourth-order valence-corrected chi connectivity index (χ4v) is 1.89. The molecule has 1 aromatic carbocycles.